The molecular formula is C10H12O2S. The van der Waals surface area contributed by atoms with Crippen LogP contribution in [0.5, 0.6) is 5.75 Å². The smallest absolute Gasteiger partial charge is 0.223 e. The highest BCUT2D eigenvalue weighted by Gasteiger charge is 2.13. The van der Waals surface area contributed by atoms with Gasteiger partial charge in [-0.25, -0.2) is 0 Å². The van der Waals surface area contributed by atoms with Gasteiger partial charge in [0.1, 0.15) is 5.75 Å². The Morgan fingerprint density at radius 1 is 1.38 bits per heavy atom. The summed E-state index contributed by atoms with van der Waals surface area (Å²) in [6.07, 6.45) is 1.71. The minimum atomic E-state index is -0.0880. The molecule has 0 aliphatic heterocycles. The number of thioether (sulfide) groups is 1. The van der Waals surface area contributed by atoms with E-state index < -0.39 is 0 Å². The highest BCUT2D eigenvalue weighted by Crippen LogP contribution is 2.26. The molecule has 70 valence electrons. The maximum atomic E-state index is 11.4. The van der Waals surface area contributed by atoms with Gasteiger partial charge >= 0.3 is 0 Å². The molecule has 1 N–H and O–H groups in total. The average molecular weight is 196 g/mol. The Labute approximate surface area is 82.0 Å². The van der Waals surface area contributed by atoms with Gasteiger partial charge in [-0.15, -0.1) is 0 Å². The second-order valence-corrected chi connectivity index (χ2v) is 3.75. The van der Waals surface area contributed by atoms with Crippen LogP contribution in [0.2, 0.25) is 0 Å². The highest BCUT2D eigenvalue weighted by atomic mass is 32.2. The summed E-state index contributed by atoms with van der Waals surface area (Å²) < 4.78 is 0. The molecule has 0 fully saturated rings. The predicted molar refractivity (Wildman–Crippen MR) is 55.4 cm³/mol. The maximum Gasteiger partial charge on any atom is 0.223 e. The number of phenols is 1. The molecule has 0 spiro atoms. The first-order chi connectivity index (χ1) is 6.06. The Bertz CT molecular complexity index is 322. The lowest BCUT2D eigenvalue weighted by atomic mass is 10.1. The van der Waals surface area contributed by atoms with Gasteiger partial charge in [-0.1, -0.05) is 17.8 Å². The highest BCUT2D eigenvalue weighted by molar-refractivity contribution is 8.13. The number of hydrogen-bond acceptors (Lipinski definition) is 3. The largest absolute Gasteiger partial charge is 0.507 e. The number of aromatic hydroxyl groups is 1. The molecule has 0 saturated heterocycles. The summed E-state index contributed by atoms with van der Waals surface area (Å²) in [5.74, 6) is 0.0804. The fraction of sp³-hybridized carbons (Fsp3) is 0.300. The van der Waals surface area contributed by atoms with Gasteiger partial charge in [0.2, 0.25) is 5.12 Å². The Kier molecular flexibility index (Phi) is 2.98. The summed E-state index contributed by atoms with van der Waals surface area (Å²) in [5.41, 5.74) is 2.22. The molecule has 0 bridgehead atoms. The molecule has 0 atom stereocenters. The lowest BCUT2D eigenvalue weighted by Gasteiger charge is -2.06. The Morgan fingerprint density at radius 2 is 2.00 bits per heavy atom. The van der Waals surface area contributed by atoms with Crippen LogP contribution in [0.3, 0.4) is 0 Å². The van der Waals surface area contributed by atoms with Crippen molar-refractivity contribution in [2.45, 2.75) is 13.8 Å². The number of rotatable bonds is 1. The monoisotopic (exact) mass is 196 g/mol. The van der Waals surface area contributed by atoms with Crippen LogP contribution in [0, 0.1) is 13.8 Å². The van der Waals surface area contributed by atoms with Gasteiger partial charge in [0.05, 0.1) is 5.56 Å². The number of carbonyl (C=O) groups excluding carboxylic acids is 1. The van der Waals surface area contributed by atoms with Crippen molar-refractivity contribution >= 4 is 16.9 Å². The van der Waals surface area contributed by atoms with Crippen molar-refractivity contribution in [3.8, 4) is 5.75 Å². The number of aryl methyl sites for hydroxylation is 2. The summed E-state index contributed by atoms with van der Waals surface area (Å²) in [4.78, 5) is 11.4. The summed E-state index contributed by atoms with van der Waals surface area (Å²) in [6.45, 7) is 3.72. The van der Waals surface area contributed by atoms with E-state index in [2.05, 4.69) is 0 Å². The SMILES string of the molecule is CSC(=O)c1c(C)cc(C)cc1O. The number of carbonyl (C=O) groups is 1. The van der Waals surface area contributed by atoms with Crippen molar-refractivity contribution in [2.75, 3.05) is 6.26 Å². The summed E-state index contributed by atoms with van der Waals surface area (Å²) in [5, 5.41) is 9.45. The van der Waals surface area contributed by atoms with Crippen LogP contribution in [0.15, 0.2) is 12.1 Å². The van der Waals surface area contributed by atoms with Crippen molar-refractivity contribution in [3.63, 3.8) is 0 Å². The zero-order chi connectivity index (χ0) is 10.0. The van der Waals surface area contributed by atoms with Crippen LogP contribution >= 0.6 is 11.8 Å². The zero-order valence-electron chi connectivity index (χ0n) is 7.92. The van der Waals surface area contributed by atoms with Crippen molar-refractivity contribution in [3.05, 3.63) is 28.8 Å². The predicted octanol–water partition coefficient (Wildman–Crippen LogP) is 2.51. The first kappa shape index (κ1) is 10.1. The van der Waals surface area contributed by atoms with E-state index in [1.807, 2.05) is 19.9 Å². The normalized spacial score (nSPS) is 10.1. The van der Waals surface area contributed by atoms with Gasteiger partial charge in [0.25, 0.3) is 0 Å². The molecule has 0 amide bonds. The van der Waals surface area contributed by atoms with Crippen molar-refractivity contribution < 1.29 is 9.90 Å². The molecule has 0 heterocycles. The second kappa shape index (κ2) is 3.83. The fourth-order valence-corrected chi connectivity index (χ4v) is 1.78. The molecule has 0 aliphatic carbocycles. The lowest BCUT2D eigenvalue weighted by molar-refractivity contribution is 0.108. The summed E-state index contributed by atoms with van der Waals surface area (Å²) in [6, 6.07) is 3.50. The van der Waals surface area contributed by atoms with E-state index in [1.165, 1.54) is 0 Å². The van der Waals surface area contributed by atoms with Gasteiger partial charge in [-0.2, -0.15) is 0 Å². The molecule has 2 nitrogen and oxygen atoms in total. The minimum Gasteiger partial charge on any atom is -0.507 e. The van der Waals surface area contributed by atoms with Crippen LogP contribution in [-0.4, -0.2) is 16.5 Å². The van der Waals surface area contributed by atoms with Crippen molar-refractivity contribution in [1.82, 2.24) is 0 Å². The quantitative estimate of drug-likeness (QED) is 0.750. The molecule has 1 aromatic rings. The van der Waals surface area contributed by atoms with E-state index >= 15 is 0 Å². The molecule has 1 aromatic carbocycles. The van der Waals surface area contributed by atoms with Gasteiger partial charge in [0, 0.05) is 0 Å². The molecule has 1 rings (SSSR count). The van der Waals surface area contributed by atoms with Gasteiger partial charge in [-0.3, -0.25) is 4.79 Å². The summed E-state index contributed by atoms with van der Waals surface area (Å²) in [7, 11) is 0. The van der Waals surface area contributed by atoms with E-state index in [4.69, 9.17) is 0 Å². The van der Waals surface area contributed by atoms with Crippen molar-refractivity contribution in [1.29, 1.82) is 0 Å². The van der Waals surface area contributed by atoms with E-state index in [9.17, 15) is 9.90 Å². The maximum absolute atomic E-state index is 11.4. The van der Waals surface area contributed by atoms with E-state index in [-0.39, 0.29) is 10.9 Å². The minimum absolute atomic E-state index is 0.0804. The first-order valence-corrected chi connectivity index (χ1v) is 5.17. The first-order valence-electron chi connectivity index (χ1n) is 3.94. The van der Waals surface area contributed by atoms with Gasteiger partial charge in [-0.05, 0) is 37.3 Å². The molecule has 13 heavy (non-hydrogen) atoms. The average Bonchev–Trinajstić information content (AvgIpc) is 2.02. The zero-order valence-corrected chi connectivity index (χ0v) is 8.73. The number of hydrogen-bond donors (Lipinski definition) is 1. The standard InChI is InChI=1S/C10H12O2S/c1-6-4-7(2)9(8(11)5-6)10(12)13-3/h4-5,11H,1-3H3. The van der Waals surface area contributed by atoms with E-state index in [1.54, 1.807) is 12.3 Å². The van der Waals surface area contributed by atoms with Gasteiger partial charge < -0.3 is 5.11 Å². The van der Waals surface area contributed by atoms with Gasteiger partial charge in [0.15, 0.2) is 0 Å². The number of benzene rings is 1. The van der Waals surface area contributed by atoms with Crippen LogP contribution in [0.1, 0.15) is 21.5 Å². The van der Waals surface area contributed by atoms with Crippen LogP contribution in [0.4, 0.5) is 0 Å². The second-order valence-electron chi connectivity index (χ2n) is 2.97. The lowest BCUT2D eigenvalue weighted by Crippen LogP contribution is -1.97. The van der Waals surface area contributed by atoms with E-state index in [0.29, 0.717) is 5.56 Å². The topological polar surface area (TPSA) is 37.3 Å². The third-order valence-corrected chi connectivity index (χ3v) is 2.42. The third-order valence-electron chi connectivity index (χ3n) is 1.85. The van der Waals surface area contributed by atoms with E-state index in [0.717, 1.165) is 22.9 Å². The molecule has 0 saturated carbocycles. The molecule has 3 heteroatoms. The van der Waals surface area contributed by atoms with Crippen LogP contribution in [-0.2, 0) is 0 Å². The Balaban J connectivity index is 3.28. The molecule has 0 aliphatic rings. The molecular weight excluding hydrogens is 184 g/mol. The third kappa shape index (κ3) is 2.04. The Hall–Kier alpha value is -0.960. The van der Waals surface area contributed by atoms with Crippen LogP contribution in [0.25, 0.3) is 0 Å². The summed E-state index contributed by atoms with van der Waals surface area (Å²) >= 11 is 1.11. The Morgan fingerprint density at radius 3 is 2.46 bits per heavy atom. The van der Waals surface area contributed by atoms with Crippen LogP contribution < -0.4 is 0 Å². The molecule has 0 aromatic heterocycles. The molecule has 0 radical (unpaired) electrons. The fourth-order valence-electron chi connectivity index (χ4n) is 1.31. The number of phenolic OH excluding ortho intramolecular Hbond substituents is 1. The van der Waals surface area contributed by atoms with Crippen molar-refractivity contribution in [2.24, 2.45) is 0 Å². The molecule has 0 unspecified atom stereocenters.